The minimum absolute atomic E-state index is 0.323. The molecule has 6 heteroatoms. The van der Waals surface area contributed by atoms with Crippen molar-refractivity contribution in [2.24, 2.45) is 5.73 Å². The maximum absolute atomic E-state index is 13.2. The Balaban J connectivity index is 2.40. The summed E-state index contributed by atoms with van der Waals surface area (Å²) in [6.45, 7) is 0. The third-order valence-corrected chi connectivity index (χ3v) is 3.12. The van der Waals surface area contributed by atoms with Crippen LogP contribution in [0.2, 0.25) is 0 Å². The lowest BCUT2D eigenvalue weighted by Crippen LogP contribution is -2.11. The van der Waals surface area contributed by atoms with Crippen molar-refractivity contribution in [1.82, 2.24) is 9.97 Å². The number of primary amides is 1. The molecule has 0 fully saturated rings. The van der Waals surface area contributed by atoms with Crippen molar-refractivity contribution >= 4 is 33.4 Å². The van der Waals surface area contributed by atoms with E-state index in [-0.39, 0.29) is 0 Å². The highest BCUT2D eigenvalue weighted by Crippen LogP contribution is 2.29. The minimum atomic E-state index is -0.549. The lowest BCUT2D eigenvalue weighted by atomic mass is 10.1. The van der Waals surface area contributed by atoms with Crippen LogP contribution in [-0.2, 0) is 0 Å². The number of nitrogens with one attached hydrogen (secondary N) is 1. The highest BCUT2D eigenvalue weighted by molar-refractivity contribution is 6.14. The number of H-pyrrole nitrogens is 1. The second-order valence-electron chi connectivity index (χ2n) is 4.31. The zero-order valence-corrected chi connectivity index (χ0v) is 10.1. The Morgan fingerprint density at radius 3 is 2.84 bits per heavy atom. The van der Waals surface area contributed by atoms with Gasteiger partial charge in [-0.3, -0.25) is 9.78 Å². The molecular formula is C13H11FN4O. The fourth-order valence-electron chi connectivity index (χ4n) is 2.18. The van der Waals surface area contributed by atoms with Crippen molar-refractivity contribution in [2.45, 2.75) is 0 Å². The van der Waals surface area contributed by atoms with Crippen LogP contribution in [0.15, 0.2) is 30.6 Å². The third kappa shape index (κ3) is 1.69. The summed E-state index contributed by atoms with van der Waals surface area (Å²) in [6, 6.07) is 5.10. The molecule has 0 aliphatic rings. The summed E-state index contributed by atoms with van der Waals surface area (Å²) in [5, 5.41) is 2.08. The summed E-state index contributed by atoms with van der Waals surface area (Å²) in [4.78, 5) is 18.5. The fourth-order valence-corrected chi connectivity index (χ4v) is 2.18. The molecule has 0 bridgehead atoms. The number of carbonyl (C=O) groups excluding carboxylic acids is 1. The molecule has 0 aliphatic heterocycles. The molecule has 0 spiro atoms. The van der Waals surface area contributed by atoms with E-state index < -0.39 is 5.91 Å². The van der Waals surface area contributed by atoms with Crippen LogP contribution in [-0.4, -0.2) is 22.9 Å². The van der Waals surface area contributed by atoms with Gasteiger partial charge in [0.15, 0.2) is 0 Å². The number of pyridine rings is 1. The van der Waals surface area contributed by atoms with Crippen LogP contribution in [0.25, 0.3) is 21.8 Å². The number of fused-ring (bicyclic) bond motifs is 3. The Bertz CT molecular complexity index is 794. The lowest BCUT2D eigenvalue weighted by Gasteiger charge is -2.06. The number of aromatic amines is 1. The molecule has 19 heavy (non-hydrogen) atoms. The number of anilines is 1. The SMILES string of the molecule is CN(F)c1ccc2[nH]c3c(C(N)=O)cncc3c2c1. The zero-order chi connectivity index (χ0) is 13.6. The van der Waals surface area contributed by atoms with Crippen LogP contribution in [0.4, 0.5) is 10.2 Å². The average molecular weight is 258 g/mol. The lowest BCUT2D eigenvalue weighted by molar-refractivity contribution is 0.100. The molecule has 0 radical (unpaired) electrons. The van der Waals surface area contributed by atoms with Crippen molar-refractivity contribution in [2.75, 3.05) is 12.2 Å². The van der Waals surface area contributed by atoms with E-state index in [0.717, 1.165) is 16.3 Å². The van der Waals surface area contributed by atoms with Crippen molar-refractivity contribution in [3.8, 4) is 0 Å². The molecule has 0 aliphatic carbocycles. The topological polar surface area (TPSA) is 75.0 Å². The summed E-state index contributed by atoms with van der Waals surface area (Å²) in [5.41, 5.74) is 7.49. The summed E-state index contributed by atoms with van der Waals surface area (Å²) >= 11 is 0. The molecule has 3 N–H and O–H groups in total. The number of nitrogens with zero attached hydrogens (tertiary/aromatic N) is 2. The number of hydrogen-bond donors (Lipinski definition) is 2. The maximum Gasteiger partial charge on any atom is 0.252 e. The first-order chi connectivity index (χ1) is 9.08. The maximum atomic E-state index is 13.2. The van der Waals surface area contributed by atoms with E-state index in [0.29, 0.717) is 21.9 Å². The molecule has 2 heterocycles. The van der Waals surface area contributed by atoms with Crippen LogP contribution in [0.1, 0.15) is 10.4 Å². The highest BCUT2D eigenvalue weighted by atomic mass is 19.2. The number of rotatable bonds is 2. The van der Waals surface area contributed by atoms with Crippen LogP contribution >= 0.6 is 0 Å². The number of carbonyl (C=O) groups is 1. The Morgan fingerprint density at radius 1 is 1.37 bits per heavy atom. The number of amides is 1. The molecule has 96 valence electrons. The van der Waals surface area contributed by atoms with Gasteiger partial charge in [0.05, 0.1) is 16.8 Å². The van der Waals surface area contributed by atoms with Gasteiger partial charge in [-0.25, -0.2) is 5.12 Å². The normalized spacial score (nSPS) is 11.1. The molecule has 5 nitrogen and oxygen atoms in total. The van der Waals surface area contributed by atoms with Crippen LogP contribution in [0.5, 0.6) is 0 Å². The van der Waals surface area contributed by atoms with Gasteiger partial charge in [0.25, 0.3) is 5.91 Å². The van der Waals surface area contributed by atoms with E-state index in [9.17, 15) is 9.28 Å². The van der Waals surface area contributed by atoms with Gasteiger partial charge in [0.2, 0.25) is 0 Å². The number of benzene rings is 1. The Morgan fingerprint density at radius 2 is 2.16 bits per heavy atom. The van der Waals surface area contributed by atoms with Crippen LogP contribution in [0, 0.1) is 0 Å². The van der Waals surface area contributed by atoms with Gasteiger partial charge in [-0.1, -0.05) is 0 Å². The van der Waals surface area contributed by atoms with E-state index in [1.54, 1.807) is 24.4 Å². The Kier molecular flexibility index (Phi) is 2.38. The van der Waals surface area contributed by atoms with Crippen molar-refractivity contribution in [1.29, 1.82) is 0 Å². The van der Waals surface area contributed by atoms with Gasteiger partial charge in [-0.15, -0.1) is 4.48 Å². The van der Waals surface area contributed by atoms with E-state index >= 15 is 0 Å². The molecule has 1 amide bonds. The van der Waals surface area contributed by atoms with Gasteiger partial charge >= 0.3 is 0 Å². The Labute approximate surface area is 107 Å². The van der Waals surface area contributed by atoms with E-state index in [1.807, 2.05) is 0 Å². The number of hydrogen-bond acceptors (Lipinski definition) is 3. The predicted molar refractivity (Wildman–Crippen MR) is 71.6 cm³/mol. The van der Waals surface area contributed by atoms with Crippen molar-refractivity contribution in [3.05, 3.63) is 36.2 Å². The van der Waals surface area contributed by atoms with Gasteiger partial charge in [0, 0.05) is 35.7 Å². The number of aromatic nitrogens is 2. The summed E-state index contributed by atoms with van der Waals surface area (Å²) in [5.74, 6) is -0.549. The van der Waals surface area contributed by atoms with E-state index in [4.69, 9.17) is 5.73 Å². The molecule has 2 aromatic heterocycles. The van der Waals surface area contributed by atoms with Crippen LogP contribution in [0.3, 0.4) is 0 Å². The Hall–Kier alpha value is -2.63. The van der Waals surface area contributed by atoms with Gasteiger partial charge in [-0.05, 0) is 18.2 Å². The van der Waals surface area contributed by atoms with E-state index in [2.05, 4.69) is 9.97 Å². The molecule has 3 rings (SSSR count). The quantitative estimate of drug-likeness (QED) is 0.691. The first-order valence-electron chi connectivity index (χ1n) is 5.66. The van der Waals surface area contributed by atoms with Gasteiger partial charge in [0.1, 0.15) is 0 Å². The smallest absolute Gasteiger partial charge is 0.252 e. The standard InChI is InChI=1S/C13H11FN4O/c1-18(14)7-2-3-11-8(4-7)9-5-16-6-10(13(15)19)12(9)17-11/h2-6,17H,1H3,(H2,15,19). The van der Waals surface area contributed by atoms with Crippen molar-refractivity contribution in [3.63, 3.8) is 0 Å². The molecule has 0 saturated carbocycles. The molecule has 0 atom stereocenters. The van der Waals surface area contributed by atoms with Gasteiger partial charge < -0.3 is 10.7 Å². The zero-order valence-electron chi connectivity index (χ0n) is 10.1. The summed E-state index contributed by atoms with van der Waals surface area (Å²) < 4.78 is 13.2. The van der Waals surface area contributed by atoms with Crippen LogP contribution < -0.4 is 10.9 Å². The highest BCUT2D eigenvalue weighted by Gasteiger charge is 2.13. The first kappa shape index (κ1) is 11.5. The molecule has 1 aromatic carbocycles. The molecule has 0 unspecified atom stereocenters. The fraction of sp³-hybridized carbons (Fsp3) is 0.0769. The summed E-state index contributed by atoms with van der Waals surface area (Å²) in [7, 11) is 1.32. The minimum Gasteiger partial charge on any atom is -0.365 e. The second kappa shape index (κ2) is 3.94. The molecular weight excluding hydrogens is 247 g/mol. The van der Waals surface area contributed by atoms with Gasteiger partial charge in [-0.2, -0.15) is 0 Å². The van der Waals surface area contributed by atoms with E-state index in [1.165, 1.54) is 13.2 Å². The summed E-state index contributed by atoms with van der Waals surface area (Å²) in [6.07, 6.45) is 3.05. The average Bonchev–Trinajstić information content (AvgIpc) is 2.75. The largest absolute Gasteiger partial charge is 0.365 e. The first-order valence-corrected chi connectivity index (χ1v) is 5.66. The molecule has 0 saturated heterocycles. The third-order valence-electron chi connectivity index (χ3n) is 3.12. The predicted octanol–water partition coefficient (Wildman–Crippen LogP) is 2.14. The monoisotopic (exact) mass is 258 g/mol. The number of halogens is 1. The second-order valence-corrected chi connectivity index (χ2v) is 4.31. The van der Waals surface area contributed by atoms with Crippen molar-refractivity contribution < 1.29 is 9.28 Å². The molecule has 3 aromatic rings. The number of nitrogens with two attached hydrogens (primary N) is 1.